The second kappa shape index (κ2) is 10.4. The zero-order chi connectivity index (χ0) is 36.2. The summed E-state index contributed by atoms with van der Waals surface area (Å²) < 4.78 is 8.81. The van der Waals surface area contributed by atoms with Crippen LogP contribution < -0.4 is 0 Å². The molecular formula is C42H51NO6S. The number of carbonyl (C=O) groups excluding carboxylic acids is 1. The number of aliphatic carboxylic acids is 1. The summed E-state index contributed by atoms with van der Waals surface area (Å²) in [5.41, 5.74) is 4.81. The lowest BCUT2D eigenvalue weighted by atomic mass is 9.40. The summed E-state index contributed by atoms with van der Waals surface area (Å²) in [6, 6.07) is 1.66. The first-order chi connectivity index (χ1) is 23.2. The van der Waals surface area contributed by atoms with Gasteiger partial charge < -0.3 is 24.6 Å². The number of thiocarbonyl (C=S) groups is 1. The summed E-state index contributed by atoms with van der Waals surface area (Å²) >= 11 is 5.93. The van der Waals surface area contributed by atoms with E-state index >= 15 is 0 Å². The normalized spacial score (nSPS) is 39.2. The van der Waals surface area contributed by atoms with Crippen molar-refractivity contribution in [3.63, 3.8) is 0 Å². The van der Waals surface area contributed by atoms with Gasteiger partial charge in [-0.3, -0.25) is 4.79 Å². The highest BCUT2D eigenvalue weighted by molar-refractivity contribution is 7.80. The zero-order valence-electron chi connectivity index (χ0n) is 30.8. The topological polar surface area (TPSA) is 109 Å². The summed E-state index contributed by atoms with van der Waals surface area (Å²) in [6.45, 7) is 18.6. The number of ether oxygens (including phenoxy) is 1. The molecule has 4 aliphatic carbocycles. The maximum atomic E-state index is 14.8. The molecule has 9 unspecified atom stereocenters. The van der Waals surface area contributed by atoms with Gasteiger partial charge in [-0.05, 0) is 120 Å². The Morgan fingerprint density at radius 3 is 2.42 bits per heavy atom. The Kier molecular flexibility index (Phi) is 7.09. The van der Waals surface area contributed by atoms with Crippen LogP contribution in [-0.4, -0.2) is 53.8 Å². The predicted octanol–water partition coefficient (Wildman–Crippen LogP) is 8.00. The molecule has 266 valence electrons. The Hall–Kier alpha value is -2.91. The lowest BCUT2D eigenvalue weighted by Crippen LogP contribution is -2.62. The smallest absolute Gasteiger partial charge is 0.331 e. The maximum Gasteiger partial charge on any atom is 0.331 e. The van der Waals surface area contributed by atoms with Crippen LogP contribution in [0.25, 0.3) is 16.5 Å². The summed E-state index contributed by atoms with van der Waals surface area (Å²) in [5, 5.41) is 34.3. The molecule has 1 aromatic carbocycles. The second-order valence-electron chi connectivity index (χ2n) is 18.1. The van der Waals surface area contributed by atoms with E-state index in [1.165, 1.54) is 11.3 Å². The third kappa shape index (κ3) is 4.05. The molecular weight excluding hydrogens is 647 g/mol. The minimum atomic E-state index is -0.953. The van der Waals surface area contributed by atoms with Crippen molar-refractivity contribution in [1.82, 2.24) is 4.57 Å². The number of benzene rings is 1. The molecule has 2 aromatic rings. The SMILES string of the molecule is CC(=S)C1C(=O)c2c3c(cc4c5c(n1c24)C1(C)C(CCC2C(C)(/C=C/C=C(\C)C(=O)O)C(O)CCC21C)C5)C1=CC(C)(C)OC(C)(C)C1C3O. The van der Waals surface area contributed by atoms with Gasteiger partial charge in [0.05, 0.1) is 34.5 Å². The molecule has 9 atom stereocenters. The lowest BCUT2D eigenvalue weighted by Gasteiger charge is -2.64. The third-order valence-electron chi connectivity index (χ3n) is 14.7. The fourth-order valence-corrected chi connectivity index (χ4v) is 12.7. The predicted molar refractivity (Wildman–Crippen MR) is 199 cm³/mol. The first-order valence-corrected chi connectivity index (χ1v) is 18.8. The van der Waals surface area contributed by atoms with Crippen molar-refractivity contribution in [3.8, 4) is 0 Å². The van der Waals surface area contributed by atoms with Crippen LogP contribution in [0.1, 0.15) is 133 Å². The van der Waals surface area contributed by atoms with E-state index in [9.17, 15) is 24.9 Å². The molecule has 2 aliphatic heterocycles. The van der Waals surface area contributed by atoms with Crippen molar-refractivity contribution in [1.29, 1.82) is 0 Å². The molecule has 3 N–H and O–H groups in total. The Bertz CT molecular complexity index is 2030. The van der Waals surface area contributed by atoms with Crippen LogP contribution in [0.15, 0.2) is 35.9 Å². The van der Waals surface area contributed by atoms with Crippen molar-refractivity contribution in [2.24, 2.45) is 28.6 Å². The number of carboxylic acids is 1. The number of ketones is 1. The van der Waals surface area contributed by atoms with Gasteiger partial charge in [0.1, 0.15) is 6.04 Å². The van der Waals surface area contributed by atoms with Gasteiger partial charge in [0.25, 0.3) is 0 Å². The van der Waals surface area contributed by atoms with Crippen LogP contribution in [0.2, 0.25) is 0 Å². The van der Waals surface area contributed by atoms with Gasteiger partial charge >= 0.3 is 5.97 Å². The first kappa shape index (κ1) is 34.2. The number of fused-ring (bicyclic) bond motifs is 11. The second-order valence-corrected chi connectivity index (χ2v) is 18.7. The Morgan fingerprint density at radius 1 is 1.06 bits per heavy atom. The molecule has 6 aliphatic rings. The van der Waals surface area contributed by atoms with Crippen LogP contribution in [0.5, 0.6) is 0 Å². The number of rotatable bonds is 4. The van der Waals surface area contributed by atoms with E-state index in [4.69, 9.17) is 17.0 Å². The van der Waals surface area contributed by atoms with E-state index < -0.39 is 40.8 Å². The molecule has 50 heavy (non-hydrogen) atoms. The number of aromatic nitrogens is 1. The molecule has 2 fully saturated rings. The van der Waals surface area contributed by atoms with Gasteiger partial charge in [-0.15, -0.1) is 0 Å². The van der Waals surface area contributed by atoms with Gasteiger partial charge in [-0.25, -0.2) is 4.79 Å². The fraction of sp³-hybridized carbons (Fsp3) is 0.595. The van der Waals surface area contributed by atoms with Gasteiger partial charge in [0.15, 0.2) is 5.78 Å². The summed E-state index contributed by atoms with van der Waals surface area (Å²) in [6.07, 6.45) is 10.6. The summed E-state index contributed by atoms with van der Waals surface area (Å²) in [5.74, 6) is -0.782. The number of carboxylic acid groups (broad SMARTS) is 1. The number of hydrogen-bond donors (Lipinski definition) is 3. The largest absolute Gasteiger partial charge is 0.478 e. The highest BCUT2D eigenvalue weighted by atomic mass is 32.1. The molecule has 0 spiro atoms. The van der Waals surface area contributed by atoms with Crippen LogP contribution in [0.4, 0.5) is 0 Å². The van der Waals surface area contributed by atoms with E-state index in [2.05, 4.69) is 57.4 Å². The zero-order valence-corrected chi connectivity index (χ0v) is 31.6. The number of hydrogen-bond acceptors (Lipinski definition) is 6. The van der Waals surface area contributed by atoms with E-state index in [0.717, 1.165) is 53.3 Å². The summed E-state index contributed by atoms with van der Waals surface area (Å²) in [4.78, 5) is 27.0. The van der Waals surface area contributed by atoms with Crippen molar-refractivity contribution < 1.29 is 29.6 Å². The van der Waals surface area contributed by atoms with E-state index in [0.29, 0.717) is 22.8 Å². The molecule has 0 bridgehead atoms. The average Bonchev–Trinajstić information content (AvgIpc) is 3.67. The average molecular weight is 698 g/mol. The number of nitrogens with zero attached hydrogens (tertiary/aromatic N) is 1. The van der Waals surface area contributed by atoms with Crippen LogP contribution >= 0.6 is 12.2 Å². The van der Waals surface area contributed by atoms with Crippen LogP contribution in [0.3, 0.4) is 0 Å². The number of carbonyl (C=O) groups is 2. The van der Waals surface area contributed by atoms with E-state index in [1.807, 2.05) is 26.8 Å². The molecule has 0 saturated heterocycles. The third-order valence-corrected chi connectivity index (χ3v) is 14.9. The molecule has 0 amide bonds. The Morgan fingerprint density at radius 2 is 1.76 bits per heavy atom. The van der Waals surface area contributed by atoms with Gasteiger partial charge in [-0.2, -0.15) is 0 Å². The number of allylic oxidation sites excluding steroid dienone is 2. The standard InChI is InChI=1S/C42H51NO6S/c1-20(37(47)48)11-10-15-40(7)27-13-12-22-17-25-24-18-23-26-19-38(3,4)49-39(5,6)31(26)34(45)29(23)30-33(24)43(32(21(2)50)35(30)46)36(25)42(22,9)41(27,8)16-14-28(40)44/h10-11,15,18-19,22,27-28,31-32,34,44-45H,12-14,16-17H2,1-9H3,(H,47,48)/b15-10+,20-11+. The number of Topliss-reactive ketones (excluding diaryl/α,β-unsaturated/α-hetero) is 1. The Balaban J connectivity index is 1.36. The minimum absolute atomic E-state index is 0.0228. The molecule has 0 radical (unpaired) electrons. The molecule has 1 aromatic heterocycles. The first-order valence-electron chi connectivity index (χ1n) is 18.4. The van der Waals surface area contributed by atoms with Crippen molar-refractivity contribution in [2.45, 2.75) is 129 Å². The van der Waals surface area contributed by atoms with Gasteiger partial charge in [0.2, 0.25) is 0 Å². The minimum Gasteiger partial charge on any atom is -0.478 e. The highest BCUT2D eigenvalue weighted by Crippen LogP contribution is 2.71. The van der Waals surface area contributed by atoms with E-state index in [1.54, 1.807) is 13.0 Å². The van der Waals surface area contributed by atoms with Gasteiger partial charge in [0, 0.05) is 43.8 Å². The van der Waals surface area contributed by atoms with Crippen LogP contribution in [-0.2, 0) is 21.4 Å². The fourth-order valence-electron chi connectivity index (χ4n) is 12.5. The Labute approximate surface area is 300 Å². The highest BCUT2D eigenvalue weighted by Gasteiger charge is 2.68. The monoisotopic (exact) mass is 697 g/mol. The maximum absolute atomic E-state index is 14.8. The quantitative estimate of drug-likeness (QED) is 0.169. The molecule has 8 heteroatoms. The number of aliphatic hydroxyl groups is 2. The van der Waals surface area contributed by atoms with Crippen molar-refractivity contribution in [3.05, 3.63) is 63.9 Å². The molecule has 2 saturated carbocycles. The van der Waals surface area contributed by atoms with Crippen LogP contribution in [0, 0.1) is 28.6 Å². The van der Waals surface area contributed by atoms with Crippen molar-refractivity contribution in [2.75, 3.05) is 0 Å². The van der Waals surface area contributed by atoms with Crippen molar-refractivity contribution >= 4 is 45.3 Å². The number of aliphatic hydroxyl groups excluding tert-OH is 2. The molecule has 8 rings (SSSR count). The van der Waals surface area contributed by atoms with E-state index in [-0.39, 0.29) is 34.0 Å². The lowest BCUT2D eigenvalue weighted by molar-refractivity contribution is -0.144. The summed E-state index contributed by atoms with van der Waals surface area (Å²) in [7, 11) is 0. The molecule has 3 heterocycles. The van der Waals surface area contributed by atoms with Gasteiger partial charge in [-0.1, -0.05) is 51.2 Å². The molecule has 7 nitrogen and oxygen atoms in total.